The molecule has 1 aliphatic rings. The molecule has 110 valence electrons. The average Bonchev–Trinajstić information content (AvgIpc) is 3.33. The molecule has 0 heterocycles. The Morgan fingerprint density at radius 1 is 1.00 bits per heavy atom. The second-order valence-corrected chi connectivity index (χ2v) is 5.03. The molecular weight excluding hydrogens is 264 g/mol. The molecule has 0 unspecified atom stereocenters. The number of rotatable bonds is 3. The SMILES string of the molecule is COC(=O)C1CC1.Cc1cccc(Oc2ccccc2)c1. The number of aryl methyl sites for hydroxylation is 1. The largest absolute Gasteiger partial charge is 0.469 e. The Bertz CT molecular complexity index is 574. The van der Waals surface area contributed by atoms with Gasteiger partial charge in [0.15, 0.2) is 0 Å². The monoisotopic (exact) mass is 284 g/mol. The summed E-state index contributed by atoms with van der Waals surface area (Å²) in [4.78, 5) is 10.4. The molecule has 0 amide bonds. The van der Waals surface area contributed by atoms with Crippen LogP contribution in [0.3, 0.4) is 0 Å². The fraction of sp³-hybridized carbons (Fsp3) is 0.278. The van der Waals surface area contributed by atoms with Gasteiger partial charge >= 0.3 is 5.97 Å². The minimum absolute atomic E-state index is 0.0417. The summed E-state index contributed by atoms with van der Waals surface area (Å²) in [6.45, 7) is 2.05. The first-order valence-electron chi connectivity index (χ1n) is 7.06. The summed E-state index contributed by atoms with van der Waals surface area (Å²) >= 11 is 0. The number of para-hydroxylation sites is 1. The lowest BCUT2D eigenvalue weighted by Gasteiger charge is -2.05. The lowest BCUT2D eigenvalue weighted by Crippen LogP contribution is -2.00. The van der Waals surface area contributed by atoms with E-state index in [0.717, 1.165) is 24.3 Å². The highest BCUT2D eigenvalue weighted by Gasteiger charge is 2.30. The molecule has 0 spiro atoms. The topological polar surface area (TPSA) is 35.5 Å². The Labute approximate surface area is 125 Å². The first-order chi connectivity index (χ1) is 10.2. The minimum atomic E-state index is -0.0417. The van der Waals surface area contributed by atoms with Crippen LogP contribution in [0.5, 0.6) is 11.5 Å². The van der Waals surface area contributed by atoms with Gasteiger partial charge in [-0.2, -0.15) is 0 Å². The molecule has 3 heteroatoms. The number of esters is 1. The summed E-state index contributed by atoms with van der Waals surface area (Å²) in [5.41, 5.74) is 1.21. The van der Waals surface area contributed by atoms with Crippen LogP contribution in [0, 0.1) is 12.8 Å². The second-order valence-electron chi connectivity index (χ2n) is 5.03. The van der Waals surface area contributed by atoms with E-state index < -0.39 is 0 Å². The molecule has 0 saturated heterocycles. The fourth-order valence-corrected chi connectivity index (χ4v) is 1.79. The lowest BCUT2D eigenvalue weighted by atomic mass is 10.2. The van der Waals surface area contributed by atoms with Gasteiger partial charge in [0.25, 0.3) is 0 Å². The van der Waals surface area contributed by atoms with Crippen LogP contribution in [-0.2, 0) is 9.53 Å². The van der Waals surface area contributed by atoms with Crippen molar-refractivity contribution in [2.45, 2.75) is 19.8 Å². The highest BCUT2D eigenvalue weighted by Crippen LogP contribution is 2.29. The van der Waals surface area contributed by atoms with Gasteiger partial charge in [-0.15, -0.1) is 0 Å². The van der Waals surface area contributed by atoms with Crippen molar-refractivity contribution in [2.75, 3.05) is 7.11 Å². The Morgan fingerprint density at radius 3 is 2.19 bits per heavy atom. The maximum absolute atomic E-state index is 10.4. The number of hydrogen-bond acceptors (Lipinski definition) is 3. The van der Waals surface area contributed by atoms with E-state index in [-0.39, 0.29) is 11.9 Å². The molecule has 2 aromatic rings. The van der Waals surface area contributed by atoms with E-state index in [1.54, 1.807) is 0 Å². The first kappa shape index (κ1) is 15.1. The van der Waals surface area contributed by atoms with E-state index in [9.17, 15) is 4.79 Å². The van der Waals surface area contributed by atoms with Crippen molar-refractivity contribution in [2.24, 2.45) is 5.92 Å². The first-order valence-corrected chi connectivity index (χ1v) is 7.06. The minimum Gasteiger partial charge on any atom is -0.469 e. The number of ether oxygens (including phenoxy) is 2. The van der Waals surface area contributed by atoms with Crippen LogP contribution in [0.4, 0.5) is 0 Å². The Morgan fingerprint density at radius 2 is 1.67 bits per heavy atom. The molecule has 0 radical (unpaired) electrons. The third kappa shape index (κ3) is 5.30. The normalized spacial score (nSPS) is 12.9. The molecule has 0 aromatic heterocycles. The van der Waals surface area contributed by atoms with Crippen molar-refractivity contribution in [1.29, 1.82) is 0 Å². The van der Waals surface area contributed by atoms with Crippen molar-refractivity contribution in [3.63, 3.8) is 0 Å². The summed E-state index contributed by atoms with van der Waals surface area (Å²) in [6.07, 6.45) is 2.07. The van der Waals surface area contributed by atoms with Crippen molar-refractivity contribution >= 4 is 5.97 Å². The molecule has 21 heavy (non-hydrogen) atoms. The molecular formula is C18H20O3. The summed E-state index contributed by atoms with van der Waals surface area (Å²) in [5, 5.41) is 0. The molecule has 1 fully saturated rings. The molecule has 2 aromatic carbocycles. The van der Waals surface area contributed by atoms with Gasteiger partial charge in [0.2, 0.25) is 0 Å². The summed E-state index contributed by atoms with van der Waals surface area (Å²) in [7, 11) is 1.43. The van der Waals surface area contributed by atoms with E-state index in [1.165, 1.54) is 12.7 Å². The van der Waals surface area contributed by atoms with E-state index in [1.807, 2.05) is 48.5 Å². The summed E-state index contributed by atoms with van der Waals surface area (Å²) in [5.74, 6) is 1.97. The van der Waals surface area contributed by atoms with Crippen LogP contribution >= 0.6 is 0 Å². The average molecular weight is 284 g/mol. The zero-order valence-electron chi connectivity index (χ0n) is 12.4. The zero-order chi connectivity index (χ0) is 15.1. The van der Waals surface area contributed by atoms with E-state index in [0.29, 0.717) is 0 Å². The molecule has 3 nitrogen and oxygen atoms in total. The Balaban J connectivity index is 0.000000194. The molecule has 3 rings (SSSR count). The van der Waals surface area contributed by atoms with Crippen LogP contribution in [-0.4, -0.2) is 13.1 Å². The van der Waals surface area contributed by atoms with Gasteiger partial charge in [-0.25, -0.2) is 0 Å². The zero-order valence-corrected chi connectivity index (χ0v) is 12.4. The molecule has 0 aliphatic heterocycles. The Hall–Kier alpha value is -2.29. The fourth-order valence-electron chi connectivity index (χ4n) is 1.79. The van der Waals surface area contributed by atoms with Gasteiger partial charge in [-0.3, -0.25) is 4.79 Å². The van der Waals surface area contributed by atoms with Crippen LogP contribution < -0.4 is 4.74 Å². The van der Waals surface area contributed by atoms with Crippen LogP contribution in [0.25, 0.3) is 0 Å². The van der Waals surface area contributed by atoms with Gasteiger partial charge < -0.3 is 9.47 Å². The lowest BCUT2D eigenvalue weighted by molar-refractivity contribution is -0.142. The predicted octanol–water partition coefficient (Wildman–Crippen LogP) is 4.36. The van der Waals surface area contributed by atoms with E-state index >= 15 is 0 Å². The van der Waals surface area contributed by atoms with Gasteiger partial charge in [0.05, 0.1) is 13.0 Å². The smallest absolute Gasteiger partial charge is 0.308 e. The van der Waals surface area contributed by atoms with Crippen LogP contribution in [0.2, 0.25) is 0 Å². The second kappa shape index (κ2) is 7.48. The molecule has 1 aliphatic carbocycles. The third-order valence-electron chi connectivity index (χ3n) is 3.08. The summed E-state index contributed by atoms with van der Waals surface area (Å²) < 4.78 is 10.1. The summed E-state index contributed by atoms with van der Waals surface area (Å²) in [6, 6.07) is 17.8. The standard InChI is InChI=1S/C13H12O.C5H8O2/c1-11-6-5-9-13(10-11)14-12-7-3-2-4-8-12;1-7-5(6)4-2-3-4/h2-10H,1H3;4H,2-3H2,1H3. The molecule has 0 atom stereocenters. The third-order valence-corrected chi connectivity index (χ3v) is 3.08. The van der Waals surface area contributed by atoms with Gasteiger partial charge in [0.1, 0.15) is 11.5 Å². The quantitative estimate of drug-likeness (QED) is 0.786. The van der Waals surface area contributed by atoms with Crippen LogP contribution in [0.1, 0.15) is 18.4 Å². The number of carbonyl (C=O) groups excluding carboxylic acids is 1. The maximum Gasteiger partial charge on any atom is 0.308 e. The van der Waals surface area contributed by atoms with Crippen molar-refractivity contribution in [1.82, 2.24) is 0 Å². The van der Waals surface area contributed by atoms with Gasteiger partial charge in [-0.05, 0) is 49.6 Å². The van der Waals surface area contributed by atoms with E-state index in [4.69, 9.17) is 4.74 Å². The van der Waals surface area contributed by atoms with E-state index in [2.05, 4.69) is 17.7 Å². The molecule has 0 N–H and O–H groups in total. The highest BCUT2D eigenvalue weighted by molar-refractivity contribution is 5.74. The van der Waals surface area contributed by atoms with Gasteiger partial charge in [0, 0.05) is 0 Å². The molecule has 1 saturated carbocycles. The number of hydrogen-bond donors (Lipinski definition) is 0. The van der Waals surface area contributed by atoms with Crippen molar-refractivity contribution in [3.05, 3.63) is 60.2 Å². The number of carbonyl (C=O) groups is 1. The predicted molar refractivity (Wildman–Crippen MR) is 82.4 cm³/mol. The van der Waals surface area contributed by atoms with Crippen molar-refractivity contribution in [3.8, 4) is 11.5 Å². The van der Waals surface area contributed by atoms with Crippen LogP contribution in [0.15, 0.2) is 54.6 Å². The maximum atomic E-state index is 10.4. The van der Waals surface area contributed by atoms with Gasteiger partial charge in [-0.1, -0.05) is 30.3 Å². The number of benzene rings is 2. The van der Waals surface area contributed by atoms with Crippen molar-refractivity contribution < 1.29 is 14.3 Å². The Kier molecular flexibility index (Phi) is 5.38. The highest BCUT2D eigenvalue weighted by atomic mass is 16.5. The molecule has 0 bridgehead atoms. The number of methoxy groups -OCH3 is 1.